The minimum absolute atomic E-state index is 0.707. The second-order valence-corrected chi connectivity index (χ2v) is 5.48. The lowest BCUT2D eigenvalue weighted by molar-refractivity contribution is 0.614. The predicted molar refractivity (Wildman–Crippen MR) is 81.9 cm³/mol. The Morgan fingerprint density at radius 2 is 2.10 bits per heavy atom. The van der Waals surface area contributed by atoms with Gasteiger partial charge < -0.3 is 5.32 Å². The van der Waals surface area contributed by atoms with Gasteiger partial charge in [-0.1, -0.05) is 37.1 Å². The predicted octanol–water partition coefficient (Wildman–Crippen LogP) is 3.40. The van der Waals surface area contributed by atoms with Gasteiger partial charge in [0.15, 0.2) is 5.82 Å². The van der Waals surface area contributed by atoms with Crippen molar-refractivity contribution < 1.29 is 0 Å². The Labute approximate surface area is 124 Å². The van der Waals surface area contributed by atoms with Gasteiger partial charge in [-0.15, -0.1) is 0 Å². The van der Waals surface area contributed by atoms with Gasteiger partial charge in [0, 0.05) is 17.8 Å². The number of nitrogens with one attached hydrogen (secondary N) is 1. The maximum absolute atomic E-state index is 6.28. The molecule has 0 saturated carbocycles. The molecule has 104 valence electrons. The fourth-order valence-corrected chi connectivity index (χ4v) is 2.86. The summed E-state index contributed by atoms with van der Waals surface area (Å²) in [6.07, 6.45) is 3.12. The van der Waals surface area contributed by atoms with E-state index in [-0.39, 0.29) is 0 Å². The Morgan fingerprint density at radius 3 is 2.90 bits per heavy atom. The summed E-state index contributed by atoms with van der Waals surface area (Å²) in [4.78, 5) is 9.51. The largest absolute Gasteiger partial charge is 0.311 e. The van der Waals surface area contributed by atoms with Gasteiger partial charge in [0.25, 0.3) is 0 Å². The van der Waals surface area contributed by atoms with Crippen molar-refractivity contribution in [1.29, 1.82) is 0 Å². The second-order valence-electron chi connectivity index (χ2n) is 5.08. The van der Waals surface area contributed by atoms with Crippen LogP contribution in [0.5, 0.6) is 0 Å². The number of rotatable bonds is 3. The van der Waals surface area contributed by atoms with Crippen LogP contribution in [0.1, 0.15) is 30.3 Å². The molecule has 1 aliphatic rings. The first kappa shape index (κ1) is 13.5. The lowest BCUT2D eigenvalue weighted by Crippen LogP contribution is -2.26. The summed E-state index contributed by atoms with van der Waals surface area (Å²) < 4.78 is 0. The highest BCUT2D eigenvalue weighted by atomic mass is 35.5. The van der Waals surface area contributed by atoms with Crippen molar-refractivity contribution >= 4 is 11.6 Å². The van der Waals surface area contributed by atoms with Crippen LogP contribution < -0.4 is 5.32 Å². The highest BCUT2D eigenvalue weighted by molar-refractivity contribution is 6.33. The summed E-state index contributed by atoms with van der Waals surface area (Å²) >= 11 is 6.28. The molecule has 0 aliphatic carbocycles. The molecule has 1 aliphatic heterocycles. The van der Waals surface area contributed by atoms with Crippen molar-refractivity contribution in [2.45, 2.75) is 32.7 Å². The van der Waals surface area contributed by atoms with E-state index < -0.39 is 0 Å². The molecule has 0 unspecified atom stereocenters. The fourth-order valence-electron chi connectivity index (χ4n) is 2.64. The summed E-state index contributed by atoms with van der Waals surface area (Å²) in [5.74, 6) is 0.751. The topological polar surface area (TPSA) is 37.8 Å². The van der Waals surface area contributed by atoms with Crippen LogP contribution in [0.2, 0.25) is 5.02 Å². The van der Waals surface area contributed by atoms with Crippen LogP contribution in [0.25, 0.3) is 11.4 Å². The zero-order chi connectivity index (χ0) is 13.9. The van der Waals surface area contributed by atoms with Crippen LogP contribution in [0.15, 0.2) is 24.3 Å². The molecule has 0 bridgehead atoms. The van der Waals surface area contributed by atoms with E-state index in [1.807, 2.05) is 24.3 Å². The number of hydrogen-bond donors (Lipinski definition) is 1. The Bertz CT molecular complexity index is 625. The van der Waals surface area contributed by atoms with Gasteiger partial charge in [-0.05, 0) is 37.1 Å². The van der Waals surface area contributed by atoms with Crippen molar-refractivity contribution in [2.75, 3.05) is 6.54 Å². The summed E-state index contributed by atoms with van der Waals surface area (Å²) in [7, 11) is 0. The molecule has 3 nitrogen and oxygen atoms in total. The quantitative estimate of drug-likeness (QED) is 0.940. The van der Waals surface area contributed by atoms with Gasteiger partial charge in [0.1, 0.15) is 0 Å². The molecular formula is C16H18ClN3. The number of nitrogens with zero attached hydrogens (tertiary/aromatic N) is 2. The van der Waals surface area contributed by atoms with Crippen LogP contribution in [0, 0.1) is 0 Å². The average Bonchev–Trinajstić information content (AvgIpc) is 2.48. The fraction of sp³-hybridized carbons (Fsp3) is 0.375. The highest BCUT2D eigenvalue weighted by Crippen LogP contribution is 2.27. The maximum Gasteiger partial charge on any atom is 0.161 e. The highest BCUT2D eigenvalue weighted by Gasteiger charge is 2.18. The summed E-state index contributed by atoms with van der Waals surface area (Å²) in [6, 6.07) is 7.77. The van der Waals surface area contributed by atoms with Crippen LogP contribution in [0.4, 0.5) is 0 Å². The number of aromatic nitrogens is 2. The summed E-state index contributed by atoms with van der Waals surface area (Å²) in [6.45, 7) is 4.02. The molecule has 0 spiro atoms. The van der Waals surface area contributed by atoms with Gasteiger partial charge in [0.05, 0.1) is 10.7 Å². The SMILES string of the molecule is CCCc1nc(-c2ccccc2Cl)nc2c1CCNC2. The number of aryl methyl sites for hydroxylation is 1. The van der Waals surface area contributed by atoms with Gasteiger partial charge in [0.2, 0.25) is 0 Å². The van der Waals surface area contributed by atoms with Crippen LogP contribution in [0.3, 0.4) is 0 Å². The molecule has 2 aromatic rings. The number of hydrogen-bond acceptors (Lipinski definition) is 3. The van der Waals surface area contributed by atoms with Gasteiger partial charge in [-0.25, -0.2) is 9.97 Å². The van der Waals surface area contributed by atoms with Crippen molar-refractivity contribution in [2.24, 2.45) is 0 Å². The van der Waals surface area contributed by atoms with Crippen LogP contribution in [-0.4, -0.2) is 16.5 Å². The lowest BCUT2D eigenvalue weighted by Gasteiger charge is -2.20. The van der Waals surface area contributed by atoms with Gasteiger partial charge >= 0.3 is 0 Å². The second kappa shape index (κ2) is 5.90. The third-order valence-electron chi connectivity index (χ3n) is 3.62. The molecule has 0 fully saturated rings. The monoisotopic (exact) mass is 287 g/mol. The van der Waals surface area contributed by atoms with Crippen LogP contribution >= 0.6 is 11.6 Å². The molecule has 1 aromatic heterocycles. The molecule has 3 rings (SSSR count). The standard InChI is InChI=1S/C16H18ClN3/c1-2-5-14-12-8-9-18-10-15(12)20-16(19-14)11-6-3-4-7-13(11)17/h3-4,6-7,18H,2,5,8-10H2,1H3. The first-order valence-electron chi connectivity index (χ1n) is 7.14. The molecule has 0 saturated heterocycles. The Hall–Kier alpha value is -1.45. The van der Waals surface area contributed by atoms with E-state index in [0.29, 0.717) is 5.02 Å². The zero-order valence-corrected chi connectivity index (χ0v) is 12.4. The van der Waals surface area contributed by atoms with E-state index in [9.17, 15) is 0 Å². The molecule has 0 atom stereocenters. The Balaban J connectivity index is 2.13. The van der Waals surface area contributed by atoms with E-state index in [1.165, 1.54) is 11.3 Å². The molecule has 4 heteroatoms. The first-order valence-corrected chi connectivity index (χ1v) is 7.51. The third kappa shape index (κ3) is 2.56. The normalized spacial score (nSPS) is 14.1. The van der Waals surface area contributed by atoms with Gasteiger partial charge in [-0.2, -0.15) is 0 Å². The first-order chi connectivity index (χ1) is 9.79. The van der Waals surface area contributed by atoms with Crippen molar-refractivity contribution in [3.8, 4) is 11.4 Å². The van der Waals surface area contributed by atoms with Crippen molar-refractivity contribution in [3.05, 3.63) is 46.2 Å². The summed E-state index contributed by atoms with van der Waals surface area (Å²) in [5.41, 5.74) is 4.57. The van der Waals surface area contributed by atoms with E-state index in [4.69, 9.17) is 21.6 Å². The maximum atomic E-state index is 6.28. The van der Waals surface area contributed by atoms with Crippen molar-refractivity contribution in [1.82, 2.24) is 15.3 Å². The molecule has 2 heterocycles. The molecular weight excluding hydrogens is 270 g/mol. The van der Waals surface area contributed by atoms with E-state index in [2.05, 4.69) is 12.2 Å². The smallest absolute Gasteiger partial charge is 0.161 e. The summed E-state index contributed by atoms with van der Waals surface area (Å²) in [5, 5.41) is 4.09. The molecule has 20 heavy (non-hydrogen) atoms. The third-order valence-corrected chi connectivity index (χ3v) is 3.95. The number of halogens is 1. The Morgan fingerprint density at radius 1 is 1.25 bits per heavy atom. The molecule has 1 aromatic carbocycles. The van der Waals surface area contributed by atoms with Gasteiger partial charge in [-0.3, -0.25) is 0 Å². The van der Waals surface area contributed by atoms with Crippen LogP contribution in [-0.2, 0) is 19.4 Å². The molecule has 0 radical (unpaired) electrons. The lowest BCUT2D eigenvalue weighted by atomic mass is 10.0. The number of fused-ring (bicyclic) bond motifs is 1. The minimum atomic E-state index is 0.707. The zero-order valence-electron chi connectivity index (χ0n) is 11.6. The van der Waals surface area contributed by atoms with E-state index >= 15 is 0 Å². The average molecular weight is 288 g/mol. The van der Waals surface area contributed by atoms with E-state index in [0.717, 1.165) is 49.4 Å². The van der Waals surface area contributed by atoms with Crippen molar-refractivity contribution in [3.63, 3.8) is 0 Å². The van der Waals surface area contributed by atoms with E-state index in [1.54, 1.807) is 0 Å². The number of benzene rings is 1. The minimum Gasteiger partial charge on any atom is -0.311 e. The molecule has 1 N–H and O–H groups in total. The Kier molecular flexibility index (Phi) is 3.99. The molecule has 0 amide bonds.